The molecule has 2 aromatic carbocycles. The number of nitrogens with one attached hydrogen (secondary N) is 1. The number of carbonyl (C=O) groups excluding carboxylic acids is 1. The molecule has 1 N–H and O–H groups in total. The summed E-state index contributed by atoms with van der Waals surface area (Å²) in [5.41, 5.74) is 2.58. The first kappa shape index (κ1) is 19.4. The molecule has 0 bridgehead atoms. The van der Waals surface area contributed by atoms with Crippen LogP contribution in [0.3, 0.4) is 0 Å². The summed E-state index contributed by atoms with van der Waals surface area (Å²) in [7, 11) is -3.78. The number of rotatable bonds is 4. The highest BCUT2D eigenvalue weighted by atomic mass is 32.2. The number of likely N-dealkylation sites (tertiary alicyclic amines) is 1. The minimum atomic E-state index is -3.78. The van der Waals surface area contributed by atoms with Crippen molar-refractivity contribution in [2.24, 2.45) is 0 Å². The lowest BCUT2D eigenvalue weighted by Crippen LogP contribution is -2.42. The lowest BCUT2D eigenvalue weighted by molar-refractivity contribution is 0.0635. The molecule has 2 aromatic rings. The van der Waals surface area contributed by atoms with Gasteiger partial charge in [0.2, 0.25) is 0 Å². The predicted molar refractivity (Wildman–Crippen MR) is 108 cm³/mol. The number of nitrogens with zero attached hydrogens (tertiary/aromatic N) is 1. The van der Waals surface area contributed by atoms with Crippen molar-refractivity contribution in [1.82, 2.24) is 4.90 Å². The Balaban J connectivity index is 1.90. The molecule has 1 aliphatic rings. The normalized spacial score (nSPS) is 17.6. The second-order valence-electron chi connectivity index (χ2n) is 7.30. The van der Waals surface area contributed by atoms with Gasteiger partial charge in [-0.05, 0) is 69.9 Å². The standard InChI is InChI=1S/C21H26N2O3S/c1-15-7-11-19(12-8-15)22-27(25,26)20-14-18(10-9-16(20)2)21(24)23-13-5-4-6-17(23)3/h7-12,14,17,22H,4-6,13H2,1-3H3. The van der Waals surface area contributed by atoms with Crippen LogP contribution < -0.4 is 4.72 Å². The summed E-state index contributed by atoms with van der Waals surface area (Å²) in [6, 6.07) is 12.2. The summed E-state index contributed by atoms with van der Waals surface area (Å²) in [6.07, 6.45) is 3.10. The maximum Gasteiger partial charge on any atom is 0.262 e. The van der Waals surface area contributed by atoms with Crippen molar-refractivity contribution in [2.45, 2.75) is 51.0 Å². The van der Waals surface area contributed by atoms with Crippen LogP contribution in [0.1, 0.15) is 47.7 Å². The average Bonchev–Trinajstić information content (AvgIpc) is 2.63. The predicted octanol–water partition coefficient (Wildman–Crippen LogP) is 4.12. The third-order valence-electron chi connectivity index (χ3n) is 5.09. The molecule has 1 unspecified atom stereocenters. The van der Waals surface area contributed by atoms with Gasteiger partial charge in [0.25, 0.3) is 15.9 Å². The van der Waals surface area contributed by atoms with Gasteiger partial charge >= 0.3 is 0 Å². The molecule has 0 spiro atoms. The minimum absolute atomic E-state index is 0.103. The van der Waals surface area contributed by atoms with E-state index in [-0.39, 0.29) is 16.8 Å². The molecule has 6 heteroatoms. The molecule has 0 aromatic heterocycles. The van der Waals surface area contributed by atoms with Crippen LogP contribution in [-0.2, 0) is 10.0 Å². The van der Waals surface area contributed by atoms with E-state index in [2.05, 4.69) is 4.72 Å². The van der Waals surface area contributed by atoms with Crippen LogP contribution in [-0.4, -0.2) is 31.8 Å². The maximum absolute atomic E-state index is 12.9. The van der Waals surface area contributed by atoms with Crippen LogP contribution >= 0.6 is 0 Å². The summed E-state index contributed by atoms with van der Waals surface area (Å²) >= 11 is 0. The molecular formula is C21H26N2O3S. The third kappa shape index (κ3) is 4.33. The SMILES string of the molecule is Cc1ccc(NS(=O)(=O)c2cc(C(=O)N3CCCCC3C)ccc2C)cc1. The van der Waals surface area contributed by atoms with Crippen LogP contribution in [0.25, 0.3) is 0 Å². The van der Waals surface area contributed by atoms with E-state index in [0.29, 0.717) is 16.8 Å². The van der Waals surface area contributed by atoms with Crippen molar-refractivity contribution < 1.29 is 13.2 Å². The summed E-state index contributed by atoms with van der Waals surface area (Å²) in [6.45, 7) is 6.44. The van der Waals surface area contributed by atoms with Gasteiger partial charge in [-0.15, -0.1) is 0 Å². The molecule has 27 heavy (non-hydrogen) atoms. The number of anilines is 1. The van der Waals surface area contributed by atoms with Crippen molar-refractivity contribution in [3.63, 3.8) is 0 Å². The fourth-order valence-corrected chi connectivity index (χ4v) is 4.75. The smallest absolute Gasteiger partial charge is 0.262 e. The lowest BCUT2D eigenvalue weighted by Gasteiger charge is -2.33. The molecule has 0 aliphatic carbocycles. The molecule has 5 nitrogen and oxygen atoms in total. The highest BCUT2D eigenvalue weighted by Gasteiger charge is 2.26. The summed E-state index contributed by atoms with van der Waals surface area (Å²) in [5.74, 6) is -0.103. The second-order valence-corrected chi connectivity index (χ2v) is 8.95. The van der Waals surface area contributed by atoms with Gasteiger partial charge in [0.1, 0.15) is 0 Å². The number of piperidine rings is 1. The molecule has 1 aliphatic heterocycles. The molecule has 144 valence electrons. The minimum Gasteiger partial charge on any atom is -0.336 e. The van der Waals surface area contributed by atoms with Gasteiger partial charge in [-0.2, -0.15) is 0 Å². The number of hydrogen-bond acceptors (Lipinski definition) is 3. The first-order chi connectivity index (χ1) is 12.8. The highest BCUT2D eigenvalue weighted by molar-refractivity contribution is 7.92. The van der Waals surface area contributed by atoms with Crippen LogP contribution in [0, 0.1) is 13.8 Å². The number of hydrogen-bond donors (Lipinski definition) is 1. The van der Waals surface area contributed by atoms with E-state index in [0.717, 1.165) is 31.4 Å². The van der Waals surface area contributed by atoms with Gasteiger partial charge < -0.3 is 4.90 Å². The van der Waals surface area contributed by atoms with E-state index in [1.54, 1.807) is 31.2 Å². The Morgan fingerprint density at radius 3 is 2.44 bits per heavy atom. The Kier molecular flexibility index (Phi) is 5.56. The molecule has 0 saturated carbocycles. The van der Waals surface area contributed by atoms with Crippen molar-refractivity contribution in [1.29, 1.82) is 0 Å². The average molecular weight is 387 g/mol. The Hall–Kier alpha value is -2.34. The summed E-state index contributed by atoms with van der Waals surface area (Å²) in [4.78, 5) is 14.9. The van der Waals surface area contributed by atoms with Crippen molar-refractivity contribution in [3.05, 3.63) is 59.2 Å². The van der Waals surface area contributed by atoms with E-state index in [4.69, 9.17) is 0 Å². The van der Waals surface area contributed by atoms with Crippen LogP contribution in [0.4, 0.5) is 5.69 Å². The third-order valence-corrected chi connectivity index (χ3v) is 6.62. The number of amides is 1. The number of sulfonamides is 1. The molecule has 1 heterocycles. The lowest BCUT2D eigenvalue weighted by atomic mass is 10.0. The highest BCUT2D eigenvalue weighted by Crippen LogP contribution is 2.24. The topological polar surface area (TPSA) is 66.5 Å². The first-order valence-corrected chi connectivity index (χ1v) is 10.8. The van der Waals surface area contributed by atoms with Gasteiger partial charge in [-0.3, -0.25) is 9.52 Å². The van der Waals surface area contributed by atoms with Gasteiger partial charge in [-0.25, -0.2) is 8.42 Å². The molecule has 1 amide bonds. The Morgan fingerprint density at radius 2 is 1.78 bits per heavy atom. The quantitative estimate of drug-likeness (QED) is 0.859. The first-order valence-electron chi connectivity index (χ1n) is 9.29. The number of benzene rings is 2. The monoisotopic (exact) mass is 386 g/mol. The Morgan fingerprint density at radius 1 is 1.07 bits per heavy atom. The molecule has 0 radical (unpaired) electrons. The van der Waals surface area contributed by atoms with Crippen LogP contribution in [0.5, 0.6) is 0 Å². The second kappa shape index (κ2) is 7.72. The largest absolute Gasteiger partial charge is 0.336 e. The van der Waals surface area contributed by atoms with Gasteiger partial charge in [0, 0.05) is 23.8 Å². The van der Waals surface area contributed by atoms with Crippen molar-refractivity contribution in [3.8, 4) is 0 Å². The zero-order chi connectivity index (χ0) is 19.6. The van der Waals surface area contributed by atoms with E-state index in [9.17, 15) is 13.2 Å². The molecular weight excluding hydrogens is 360 g/mol. The van der Waals surface area contributed by atoms with Crippen LogP contribution in [0.15, 0.2) is 47.4 Å². The molecule has 1 atom stereocenters. The van der Waals surface area contributed by atoms with E-state index in [1.165, 1.54) is 6.07 Å². The maximum atomic E-state index is 12.9. The van der Waals surface area contributed by atoms with Crippen molar-refractivity contribution in [2.75, 3.05) is 11.3 Å². The Bertz CT molecular complexity index is 936. The van der Waals surface area contributed by atoms with Gasteiger partial charge in [-0.1, -0.05) is 23.8 Å². The van der Waals surface area contributed by atoms with Crippen LogP contribution in [0.2, 0.25) is 0 Å². The van der Waals surface area contributed by atoms with E-state index in [1.807, 2.05) is 30.9 Å². The fourth-order valence-electron chi connectivity index (χ4n) is 3.42. The number of carbonyl (C=O) groups is 1. The Labute approximate surface area is 161 Å². The number of aryl methyl sites for hydroxylation is 2. The summed E-state index contributed by atoms with van der Waals surface area (Å²) in [5, 5.41) is 0. The zero-order valence-corrected chi connectivity index (χ0v) is 16.8. The van der Waals surface area contributed by atoms with E-state index < -0.39 is 10.0 Å². The van der Waals surface area contributed by atoms with Gasteiger partial charge in [0.05, 0.1) is 4.90 Å². The molecule has 1 saturated heterocycles. The fraction of sp³-hybridized carbons (Fsp3) is 0.381. The molecule has 3 rings (SSSR count). The summed E-state index contributed by atoms with van der Waals surface area (Å²) < 4.78 is 28.4. The molecule has 1 fully saturated rings. The van der Waals surface area contributed by atoms with Gasteiger partial charge in [0.15, 0.2) is 0 Å². The zero-order valence-electron chi connectivity index (χ0n) is 16.0. The van der Waals surface area contributed by atoms with E-state index >= 15 is 0 Å². The van der Waals surface area contributed by atoms with Crippen molar-refractivity contribution >= 4 is 21.6 Å².